The molecule has 94 valence electrons. The van der Waals surface area contributed by atoms with E-state index in [4.69, 9.17) is 4.74 Å². The topological polar surface area (TPSA) is 29.5 Å². The Morgan fingerprint density at radius 3 is 2.61 bits per heavy atom. The third-order valence-corrected chi connectivity index (χ3v) is 3.09. The summed E-state index contributed by atoms with van der Waals surface area (Å²) in [5.41, 5.74) is 1.09. The maximum absolute atomic E-state index is 13.3. The fourth-order valence-corrected chi connectivity index (χ4v) is 2.29. The lowest BCUT2D eigenvalue weighted by Gasteiger charge is -2.15. The summed E-state index contributed by atoms with van der Waals surface area (Å²) in [6.45, 7) is 0. The minimum absolute atomic E-state index is 0.395. The van der Waals surface area contributed by atoms with Gasteiger partial charge < -0.3 is 9.84 Å². The third kappa shape index (κ3) is 2.71. The molecule has 1 atom stereocenters. The molecule has 0 spiro atoms. The van der Waals surface area contributed by atoms with Gasteiger partial charge >= 0.3 is 0 Å². The van der Waals surface area contributed by atoms with Crippen molar-refractivity contribution >= 4 is 15.9 Å². The zero-order chi connectivity index (χ0) is 13.1. The molecule has 0 bridgehead atoms. The van der Waals surface area contributed by atoms with Crippen LogP contribution in [0.3, 0.4) is 0 Å². The summed E-state index contributed by atoms with van der Waals surface area (Å²) >= 11 is 3.21. The monoisotopic (exact) mass is 310 g/mol. The summed E-state index contributed by atoms with van der Waals surface area (Å²) < 4.78 is 19.1. The highest BCUT2D eigenvalue weighted by molar-refractivity contribution is 9.10. The summed E-state index contributed by atoms with van der Waals surface area (Å²) in [5, 5.41) is 10.3. The maximum atomic E-state index is 13.3. The first-order valence-corrected chi connectivity index (χ1v) is 6.18. The van der Waals surface area contributed by atoms with Crippen molar-refractivity contribution < 1.29 is 14.2 Å². The van der Waals surface area contributed by atoms with E-state index in [9.17, 15) is 9.50 Å². The van der Waals surface area contributed by atoms with Crippen molar-refractivity contribution in [3.63, 3.8) is 0 Å². The Labute approximate surface area is 113 Å². The van der Waals surface area contributed by atoms with Crippen molar-refractivity contribution in [2.24, 2.45) is 0 Å². The largest absolute Gasteiger partial charge is 0.496 e. The molecule has 0 amide bonds. The molecular weight excluding hydrogens is 299 g/mol. The van der Waals surface area contributed by atoms with Crippen molar-refractivity contribution in [3.8, 4) is 5.75 Å². The second kappa shape index (κ2) is 5.50. The number of benzene rings is 2. The van der Waals surface area contributed by atoms with E-state index in [0.717, 1.165) is 0 Å². The van der Waals surface area contributed by atoms with E-state index in [1.54, 1.807) is 24.3 Å². The molecule has 0 aliphatic heterocycles. The van der Waals surface area contributed by atoms with Crippen molar-refractivity contribution in [2.45, 2.75) is 6.10 Å². The smallest absolute Gasteiger partial charge is 0.125 e. The number of methoxy groups -OCH3 is 1. The van der Waals surface area contributed by atoms with Crippen LogP contribution < -0.4 is 4.74 Å². The van der Waals surface area contributed by atoms with Crippen LogP contribution in [0.15, 0.2) is 46.9 Å². The molecule has 2 nitrogen and oxygen atoms in total. The number of hydrogen-bond donors (Lipinski definition) is 1. The predicted molar refractivity (Wildman–Crippen MR) is 71.2 cm³/mol. The van der Waals surface area contributed by atoms with E-state index in [1.165, 1.54) is 19.2 Å². The van der Waals surface area contributed by atoms with Gasteiger partial charge in [-0.15, -0.1) is 0 Å². The van der Waals surface area contributed by atoms with Gasteiger partial charge in [0, 0.05) is 10.0 Å². The first-order valence-electron chi connectivity index (χ1n) is 5.39. The molecular formula is C14H12BrFO2. The summed E-state index contributed by atoms with van der Waals surface area (Å²) in [6, 6.07) is 11.5. The second-order valence-electron chi connectivity index (χ2n) is 3.85. The Morgan fingerprint density at radius 2 is 1.94 bits per heavy atom. The van der Waals surface area contributed by atoms with Crippen molar-refractivity contribution in [3.05, 3.63) is 63.9 Å². The van der Waals surface area contributed by atoms with Crippen molar-refractivity contribution in [2.75, 3.05) is 7.11 Å². The molecule has 2 aromatic rings. The molecule has 0 heterocycles. The zero-order valence-corrected chi connectivity index (χ0v) is 11.3. The van der Waals surface area contributed by atoms with Gasteiger partial charge in [-0.2, -0.15) is 0 Å². The third-order valence-electron chi connectivity index (χ3n) is 2.63. The molecule has 2 aromatic carbocycles. The minimum atomic E-state index is -0.923. The van der Waals surface area contributed by atoms with E-state index < -0.39 is 11.9 Å². The Morgan fingerprint density at radius 1 is 1.22 bits per heavy atom. The molecule has 1 N–H and O–H groups in total. The van der Waals surface area contributed by atoms with Crippen LogP contribution in [0.1, 0.15) is 17.2 Å². The van der Waals surface area contributed by atoms with Gasteiger partial charge in [-0.05, 0) is 29.8 Å². The lowest BCUT2D eigenvalue weighted by atomic mass is 10.0. The maximum Gasteiger partial charge on any atom is 0.125 e. The minimum Gasteiger partial charge on any atom is -0.496 e. The normalized spacial score (nSPS) is 12.2. The fourth-order valence-electron chi connectivity index (χ4n) is 1.80. The summed E-state index contributed by atoms with van der Waals surface area (Å²) in [4.78, 5) is 0. The number of ether oxygens (including phenoxy) is 1. The number of halogens is 2. The van der Waals surface area contributed by atoms with Crippen LogP contribution in [-0.4, -0.2) is 12.2 Å². The number of aliphatic hydroxyl groups is 1. The number of para-hydroxylation sites is 1. The van der Waals surface area contributed by atoms with E-state index >= 15 is 0 Å². The Balaban J connectivity index is 2.44. The lowest BCUT2D eigenvalue weighted by Crippen LogP contribution is -2.02. The summed E-state index contributed by atoms with van der Waals surface area (Å²) in [7, 11) is 1.53. The highest BCUT2D eigenvalue weighted by Gasteiger charge is 2.16. The predicted octanol–water partition coefficient (Wildman–Crippen LogP) is 3.68. The van der Waals surface area contributed by atoms with E-state index in [1.807, 2.05) is 6.07 Å². The first-order chi connectivity index (χ1) is 8.61. The van der Waals surface area contributed by atoms with E-state index in [2.05, 4.69) is 15.9 Å². The summed E-state index contributed by atoms with van der Waals surface area (Å²) in [6.07, 6.45) is -0.923. The quantitative estimate of drug-likeness (QED) is 0.937. The SMILES string of the molecule is COc1ccccc1C(O)c1cc(F)cc(Br)c1. The first kappa shape index (κ1) is 13.1. The van der Waals surface area contributed by atoms with Gasteiger partial charge in [-0.1, -0.05) is 34.1 Å². The van der Waals surface area contributed by atoms with Crippen LogP contribution in [0.2, 0.25) is 0 Å². The average Bonchev–Trinajstić information content (AvgIpc) is 2.36. The highest BCUT2D eigenvalue weighted by Crippen LogP contribution is 2.31. The van der Waals surface area contributed by atoms with E-state index in [0.29, 0.717) is 21.3 Å². The number of hydrogen-bond acceptors (Lipinski definition) is 2. The van der Waals surface area contributed by atoms with Crippen molar-refractivity contribution in [1.29, 1.82) is 0 Å². The number of aliphatic hydroxyl groups excluding tert-OH is 1. The van der Waals surface area contributed by atoms with Crippen LogP contribution in [0.4, 0.5) is 4.39 Å². The van der Waals surface area contributed by atoms with E-state index in [-0.39, 0.29) is 0 Å². The Bertz CT molecular complexity index is 537. The molecule has 0 radical (unpaired) electrons. The second-order valence-corrected chi connectivity index (χ2v) is 4.76. The molecule has 4 heteroatoms. The van der Waals surface area contributed by atoms with Crippen LogP contribution in [-0.2, 0) is 0 Å². The molecule has 18 heavy (non-hydrogen) atoms. The van der Waals surface area contributed by atoms with Gasteiger partial charge in [-0.3, -0.25) is 0 Å². The van der Waals surface area contributed by atoms with Crippen molar-refractivity contribution in [1.82, 2.24) is 0 Å². The molecule has 0 aliphatic rings. The molecule has 0 saturated carbocycles. The van der Waals surface area contributed by atoms with Gasteiger partial charge in [0.1, 0.15) is 17.7 Å². The fraction of sp³-hybridized carbons (Fsp3) is 0.143. The molecule has 0 aromatic heterocycles. The van der Waals surface area contributed by atoms with Gasteiger partial charge in [0.2, 0.25) is 0 Å². The Hall–Kier alpha value is -1.39. The van der Waals surface area contributed by atoms with Crippen LogP contribution in [0, 0.1) is 5.82 Å². The van der Waals surface area contributed by atoms with Gasteiger partial charge in [0.25, 0.3) is 0 Å². The number of rotatable bonds is 3. The zero-order valence-electron chi connectivity index (χ0n) is 9.73. The average molecular weight is 311 g/mol. The Kier molecular flexibility index (Phi) is 3.99. The van der Waals surface area contributed by atoms with Gasteiger partial charge in [0.15, 0.2) is 0 Å². The molecule has 1 unspecified atom stereocenters. The summed E-state index contributed by atoms with van der Waals surface area (Å²) in [5.74, 6) is 0.179. The van der Waals surface area contributed by atoms with Gasteiger partial charge in [0.05, 0.1) is 7.11 Å². The van der Waals surface area contributed by atoms with Crippen LogP contribution in [0.25, 0.3) is 0 Å². The van der Waals surface area contributed by atoms with Gasteiger partial charge in [-0.25, -0.2) is 4.39 Å². The highest BCUT2D eigenvalue weighted by atomic mass is 79.9. The van der Waals surface area contributed by atoms with Crippen LogP contribution >= 0.6 is 15.9 Å². The van der Waals surface area contributed by atoms with Crippen LogP contribution in [0.5, 0.6) is 5.75 Å². The standard InChI is InChI=1S/C14H12BrFO2/c1-18-13-5-3-2-4-12(13)14(17)9-6-10(15)8-11(16)7-9/h2-8,14,17H,1H3. The molecule has 0 saturated heterocycles. The molecule has 2 rings (SSSR count). The lowest BCUT2D eigenvalue weighted by molar-refractivity contribution is 0.214. The molecule has 0 fully saturated rings. The molecule has 0 aliphatic carbocycles.